The van der Waals surface area contributed by atoms with Crippen LogP contribution in [0.5, 0.6) is 0 Å². The molecule has 3 fully saturated rings. The molecule has 1 aromatic rings. The lowest BCUT2D eigenvalue weighted by atomic mass is 10.1. The van der Waals surface area contributed by atoms with Crippen molar-refractivity contribution in [2.24, 2.45) is 11.8 Å². The number of hydrogen-bond donors (Lipinski definition) is 0. The molecule has 0 aromatic carbocycles. The second-order valence-electron chi connectivity index (χ2n) is 6.61. The third kappa shape index (κ3) is 2.19. The summed E-state index contributed by atoms with van der Waals surface area (Å²) in [6, 6.07) is 2.36. The number of rotatable bonds is 4. The molecule has 1 amide bonds. The standard InChI is InChI=1S/C16H21NO2S/c1-10-4-5-20-15(10)16(18)17-8-12-6-13(17)14(7-12)19-9-11-2-3-11/h4-5,11-14H,2-3,6-9H2,1H3. The van der Waals surface area contributed by atoms with Crippen LogP contribution in [0.1, 0.15) is 40.9 Å². The van der Waals surface area contributed by atoms with Gasteiger partial charge in [-0.25, -0.2) is 0 Å². The summed E-state index contributed by atoms with van der Waals surface area (Å²) in [6.07, 6.45) is 5.25. The summed E-state index contributed by atoms with van der Waals surface area (Å²) in [5.41, 5.74) is 1.11. The first-order chi connectivity index (χ1) is 9.72. The maximum Gasteiger partial charge on any atom is 0.264 e. The fourth-order valence-electron chi connectivity index (χ4n) is 3.64. The largest absolute Gasteiger partial charge is 0.376 e. The zero-order valence-electron chi connectivity index (χ0n) is 11.9. The Labute approximate surface area is 123 Å². The lowest BCUT2D eigenvalue weighted by Crippen LogP contribution is -2.45. The van der Waals surface area contributed by atoms with Crippen molar-refractivity contribution in [3.8, 4) is 0 Å². The van der Waals surface area contributed by atoms with Gasteiger partial charge in [0.15, 0.2) is 0 Å². The number of ether oxygens (including phenoxy) is 1. The van der Waals surface area contributed by atoms with Crippen LogP contribution in [0.4, 0.5) is 0 Å². The van der Waals surface area contributed by atoms with Crippen LogP contribution in [-0.4, -0.2) is 36.1 Å². The number of likely N-dealkylation sites (tertiary alicyclic amines) is 1. The highest BCUT2D eigenvalue weighted by atomic mass is 32.1. The first-order valence-electron chi connectivity index (χ1n) is 7.69. The van der Waals surface area contributed by atoms with E-state index in [0.29, 0.717) is 18.1 Å². The van der Waals surface area contributed by atoms with Crippen LogP contribution in [0.15, 0.2) is 11.4 Å². The predicted octanol–water partition coefficient (Wildman–Crippen LogP) is 3.09. The Balaban J connectivity index is 1.46. The van der Waals surface area contributed by atoms with E-state index >= 15 is 0 Å². The molecule has 4 heteroatoms. The predicted molar refractivity (Wildman–Crippen MR) is 79.1 cm³/mol. The van der Waals surface area contributed by atoms with Crippen LogP contribution < -0.4 is 0 Å². The third-order valence-electron chi connectivity index (χ3n) is 4.98. The molecule has 0 radical (unpaired) electrons. The monoisotopic (exact) mass is 291 g/mol. The molecule has 0 spiro atoms. The topological polar surface area (TPSA) is 29.5 Å². The third-order valence-corrected chi connectivity index (χ3v) is 5.99. The van der Waals surface area contributed by atoms with Gasteiger partial charge in [-0.3, -0.25) is 4.79 Å². The second kappa shape index (κ2) is 4.85. The highest BCUT2D eigenvalue weighted by Crippen LogP contribution is 2.41. The van der Waals surface area contributed by atoms with Crippen LogP contribution in [0.3, 0.4) is 0 Å². The van der Waals surface area contributed by atoms with E-state index in [9.17, 15) is 4.79 Å². The zero-order valence-corrected chi connectivity index (χ0v) is 12.7. The Morgan fingerprint density at radius 2 is 2.30 bits per heavy atom. The summed E-state index contributed by atoms with van der Waals surface area (Å²) in [5.74, 6) is 1.69. The average molecular weight is 291 g/mol. The molecule has 1 saturated heterocycles. The SMILES string of the molecule is Cc1ccsc1C(=O)N1CC2CC(OCC3CC3)C1C2. The van der Waals surface area contributed by atoms with E-state index in [-0.39, 0.29) is 5.91 Å². The van der Waals surface area contributed by atoms with E-state index < -0.39 is 0 Å². The fourth-order valence-corrected chi connectivity index (χ4v) is 4.53. The van der Waals surface area contributed by atoms with Crippen molar-refractivity contribution in [3.63, 3.8) is 0 Å². The summed E-state index contributed by atoms with van der Waals surface area (Å²) < 4.78 is 6.10. The van der Waals surface area contributed by atoms with E-state index in [1.54, 1.807) is 11.3 Å². The Hall–Kier alpha value is -0.870. The molecule has 3 atom stereocenters. The Kier molecular flexibility index (Phi) is 3.11. The quantitative estimate of drug-likeness (QED) is 0.853. The molecule has 3 nitrogen and oxygen atoms in total. The molecular weight excluding hydrogens is 270 g/mol. The van der Waals surface area contributed by atoms with Crippen LogP contribution in [0, 0.1) is 18.8 Å². The first-order valence-corrected chi connectivity index (χ1v) is 8.57. The van der Waals surface area contributed by atoms with Crippen molar-refractivity contribution in [3.05, 3.63) is 21.9 Å². The summed E-state index contributed by atoms with van der Waals surface area (Å²) in [4.78, 5) is 15.7. The van der Waals surface area contributed by atoms with Gasteiger partial charge in [0.05, 0.1) is 17.0 Å². The van der Waals surface area contributed by atoms with Gasteiger partial charge in [-0.2, -0.15) is 0 Å². The maximum atomic E-state index is 12.7. The number of hydrogen-bond acceptors (Lipinski definition) is 3. The van der Waals surface area contributed by atoms with Gasteiger partial charge in [-0.15, -0.1) is 11.3 Å². The molecule has 20 heavy (non-hydrogen) atoms. The van der Waals surface area contributed by atoms with Gasteiger partial charge in [0.25, 0.3) is 5.91 Å². The van der Waals surface area contributed by atoms with E-state index in [2.05, 4.69) is 4.90 Å². The normalized spacial score (nSPS) is 32.0. The van der Waals surface area contributed by atoms with Gasteiger partial charge < -0.3 is 9.64 Å². The number of fused-ring (bicyclic) bond motifs is 2. The molecule has 1 aliphatic heterocycles. The first kappa shape index (κ1) is 12.8. The smallest absolute Gasteiger partial charge is 0.264 e. The van der Waals surface area contributed by atoms with E-state index in [4.69, 9.17) is 4.74 Å². The number of carbonyl (C=O) groups excluding carboxylic acids is 1. The molecule has 3 aliphatic rings. The lowest BCUT2D eigenvalue weighted by molar-refractivity contribution is -0.0107. The molecular formula is C16H21NO2S. The fraction of sp³-hybridized carbons (Fsp3) is 0.688. The van der Waals surface area contributed by atoms with Crippen molar-refractivity contribution in [1.29, 1.82) is 0 Å². The molecule has 2 bridgehead atoms. The van der Waals surface area contributed by atoms with Crippen molar-refractivity contribution in [2.45, 2.75) is 44.8 Å². The Morgan fingerprint density at radius 1 is 1.45 bits per heavy atom. The summed E-state index contributed by atoms with van der Waals surface area (Å²) in [6.45, 7) is 3.87. The number of amides is 1. The minimum absolute atomic E-state index is 0.227. The maximum absolute atomic E-state index is 12.7. The van der Waals surface area contributed by atoms with E-state index in [1.807, 2.05) is 18.4 Å². The van der Waals surface area contributed by atoms with Crippen molar-refractivity contribution >= 4 is 17.2 Å². The van der Waals surface area contributed by atoms with Gasteiger partial charge in [0.2, 0.25) is 0 Å². The summed E-state index contributed by atoms with van der Waals surface area (Å²) in [7, 11) is 0. The van der Waals surface area contributed by atoms with Crippen LogP contribution in [0.25, 0.3) is 0 Å². The van der Waals surface area contributed by atoms with Gasteiger partial charge >= 0.3 is 0 Å². The summed E-state index contributed by atoms with van der Waals surface area (Å²) >= 11 is 1.57. The van der Waals surface area contributed by atoms with E-state index in [1.165, 1.54) is 12.8 Å². The lowest BCUT2D eigenvalue weighted by Gasteiger charge is -2.33. The Bertz CT molecular complexity index is 522. The average Bonchev–Trinajstić information content (AvgIpc) is 2.85. The summed E-state index contributed by atoms with van der Waals surface area (Å²) in [5, 5.41) is 2.01. The van der Waals surface area contributed by atoms with Crippen LogP contribution in [0.2, 0.25) is 0 Å². The highest BCUT2D eigenvalue weighted by Gasteiger charge is 2.48. The van der Waals surface area contributed by atoms with Crippen LogP contribution >= 0.6 is 11.3 Å². The zero-order chi connectivity index (χ0) is 13.7. The number of piperidine rings is 1. The van der Waals surface area contributed by atoms with Crippen LogP contribution in [-0.2, 0) is 4.74 Å². The minimum Gasteiger partial charge on any atom is -0.376 e. The second-order valence-corrected chi connectivity index (χ2v) is 7.53. The number of nitrogens with zero attached hydrogens (tertiary/aromatic N) is 1. The number of thiophene rings is 1. The van der Waals surface area contributed by atoms with Crippen molar-refractivity contribution in [2.75, 3.05) is 13.2 Å². The number of aryl methyl sites for hydroxylation is 1. The van der Waals surface area contributed by atoms with E-state index in [0.717, 1.165) is 42.4 Å². The molecule has 108 valence electrons. The van der Waals surface area contributed by atoms with Gasteiger partial charge in [-0.05, 0) is 61.5 Å². The molecule has 4 rings (SSSR count). The highest BCUT2D eigenvalue weighted by molar-refractivity contribution is 7.12. The minimum atomic E-state index is 0.227. The molecule has 3 unspecified atom stereocenters. The number of carbonyl (C=O) groups is 1. The van der Waals surface area contributed by atoms with Gasteiger partial charge in [0.1, 0.15) is 0 Å². The molecule has 1 aromatic heterocycles. The van der Waals surface area contributed by atoms with Gasteiger partial charge in [-0.1, -0.05) is 0 Å². The molecule has 0 N–H and O–H groups in total. The van der Waals surface area contributed by atoms with Crippen molar-refractivity contribution < 1.29 is 9.53 Å². The molecule has 2 heterocycles. The molecule has 2 aliphatic carbocycles. The molecule has 2 saturated carbocycles. The van der Waals surface area contributed by atoms with Crippen molar-refractivity contribution in [1.82, 2.24) is 4.90 Å². The Morgan fingerprint density at radius 3 is 2.95 bits per heavy atom. The van der Waals surface area contributed by atoms with Gasteiger partial charge in [0, 0.05) is 13.2 Å².